The minimum absolute atomic E-state index is 0.300. The van der Waals surface area contributed by atoms with E-state index in [1.165, 1.54) is 18.3 Å². The van der Waals surface area contributed by atoms with Crippen molar-refractivity contribution in [2.75, 3.05) is 6.61 Å². The van der Waals surface area contributed by atoms with Gasteiger partial charge in [0.05, 0.1) is 29.6 Å². The highest BCUT2D eigenvalue weighted by Gasteiger charge is 2.29. The summed E-state index contributed by atoms with van der Waals surface area (Å²) in [4.78, 5) is 20.2. The number of hydrogen-bond donors (Lipinski definition) is 0. The van der Waals surface area contributed by atoms with Crippen molar-refractivity contribution in [3.05, 3.63) is 83.6 Å². The molecular formula is C23H19F3N2O3. The lowest BCUT2D eigenvalue weighted by Crippen LogP contribution is -2.05. The van der Waals surface area contributed by atoms with Crippen LogP contribution < -0.4 is 4.74 Å². The first-order valence-corrected chi connectivity index (χ1v) is 9.40. The fourth-order valence-corrected chi connectivity index (χ4v) is 2.65. The minimum atomic E-state index is -4.37. The minimum Gasteiger partial charge on any atom is -0.462 e. The first-order valence-electron chi connectivity index (χ1n) is 9.40. The van der Waals surface area contributed by atoms with Crippen LogP contribution in [0.1, 0.15) is 35.3 Å². The zero-order valence-electron chi connectivity index (χ0n) is 16.8. The summed E-state index contributed by atoms with van der Waals surface area (Å²) in [6.07, 6.45) is -2.88. The Bertz CT molecular complexity index is 1060. The van der Waals surface area contributed by atoms with Crippen LogP contribution in [0.4, 0.5) is 18.9 Å². The van der Waals surface area contributed by atoms with E-state index in [1.54, 1.807) is 50.2 Å². The molecule has 0 atom stereocenters. The number of carbonyl (C=O) groups is 1. The van der Waals surface area contributed by atoms with Gasteiger partial charge in [-0.25, -0.2) is 9.78 Å². The summed E-state index contributed by atoms with van der Waals surface area (Å²) < 4.78 is 48.6. The first-order chi connectivity index (χ1) is 14.8. The molecule has 0 bridgehead atoms. The molecule has 5 nitrogen and oxygen atoms in total. The van der Waals surface area contributed by atoms with Crippen LogP contribution in [0.5, 0.6) is 11.6 Å². The van der Waals surface area contributed by atoms with Gasteiger partial charge < -0.3 is 9.47 Å². The molecule has 2 aromatic carbocycles. The molecule has 0 fully saturated rings. The van der Waals surface area contributed by atoms with Crippen LogP contribution in [0.3, 0.4) is 0 Å². The van der Waals surface area contributed by atoms with E-state index in [-0.39, 0.29) is 0 Å². The van der Waals surface area contributed by atoms with Crippen LogP contribution in [0.2, 0.25) is 0 Å². The number of rotatable bonds is 6. The number of halogens is 3. The maximum Gasteiger partial charge on any atom is 0.416 e. The Balaban J connectivity index is 1.66. The topological polar surface area (TPSA) is 60.8 Å². The fourth-order valence-electron chi connectivity index (χ4n) is 2.65. The summed E-state index contributed by atoms with van der Waals surface area (Å²) in [7, 11) is 0. The molecule has 0 N–H and O–H groups in total. The molecule has 8 heteroatoms. The van der Waals surface area contributed by atoms with E-state index in [1.807, 2.05) is 0 Å². The average molecular weight is 428 g/mol. The van der Waals surface area contributed by atoms with Crippen molar-refractivity contribution in [3.63, 3.8) is 0 Å². The van der Waals surface area contributed by atoms with Crippen molar-refractivity contribution in [1.29, 1.82) is 0 Å². The second-order valence-electron chi connectivity index (χ2n) is 6.47. The number of benzene rings is 2. The maximum atomic E-state index is 12.7. The van der Waals surface area contributed by atoms with Gasteiger partial charge in [0.15, 0.2) is 0 Å². The van der Waals surface area contributed by atoms with Crippen LogP contribution in [0.15, 0.2) is 71.9 Å². The van der Waals surface area contributed by atoms with Gasteiger partial charge in [-0.1, -0.05) is 12.1 Å². The van der Waals surface area contributed by atoms with Crippen molar-refractivity contribution in [3.8, 4) is 11.6 Å². The normalized spacial score (nSPS) is 11.8. The van der Waals surface area contributed by atoms with Gasteiger partial charge in [-0.2, -0.15) is 13.2 Å². The summed E-state index contributed by atoms with van der Waals surface area (Å²) in [5, 5.41) is 0. The zero-order chi connectivity index (χ0) is 22.4. The van der Waals surface area contributed by atoms with Gasteiger partial charge in [0.25, 0.3) is 0 Å². The van der Waals surface area contributed by atoms with Crippen molar-refractivity contribution in [2.45, 2.75) is 20.0 Å². The van der Waals surface area contributed by atoms with E-state index in [0.717, 1.165) is 12.1 Å². The van der Waals surface area contributed by atoms with E-state index in [2.05, 4.69) is 9.98 Å². The van der Waals surface area contributed by atoms with Crippen LogP contribution in [-0.4, -0.2) is 23.3 Å². The highest BCUT2D eigenvalue weighted by Crippen LogP contribution is 2.29. The number of aromatic nitrogens is 1. The molecule has 0 radical (unpaired) electrons. The van der Waals surface area contributed by atoms with Gasteiger partial charge in [0.1, 0.15) is 5.75 Å². The fraction of sp³-hybridized carbons (Fsp3) is 0.174. The molecule has 31 heavy (non-hydrogen) atoms. The quantitative estimate of drug-likeness (QED) is 0.346. The molecule has 0 aliphatic carbocycles. The van der Waals surface area contributed by atoms with Gasteiger partial charge in [-0.3, -0.25) is 4.99 Å². The summed E-state index contributed by atoms with van der Waals surface area (Å²) >= 11 is 0. The molecule has 3 aromatic rings. The molecule has 0 aliphatic heterocycles. The predicted octanol–water partition coefficient (Wildman–Crippen LogP) is 6.21. The van der Waals surface area contributed by atoms with Crippen LogP contribution in [0, 0.1) is 0 Å². The maximum absolute atomic E-state index is 12.7. The molecule has 0 unspecified atom stereocenters. The predicted molar refractivity (Wildman–Crippen MR) is 110 cm³/mol. The van der Waals surface area contributed by atoms with E-state index in [0.29, 0.717) is 40.8 Å². The Kier molecular flexibility index (Phi) is 6.69. The molecule has 1 aromatic heterocycles. The molecule has 3 rings (SSSR count). The number of esters is 1. The Morgan fingerprint density at radius 2 is 1.61 bits per heavy atom. The molecule has 0 spiro atoms. The molecule has 0 saturated heterocycles. The summed E-state index contributed by atoms with van der Waals surface area (Å²) in [5.41, 5.74) is 1.38. The highest BCUT2D eigenvalue weighted by molar-refractivity contribution is 6.00. The third-order valence-corrected chi connectivity index (χ3v) is 4.24. The number of ether oxygens (including phenoxy) is 2. The van der Waals surface area contributed by atoms with Gasteiger partial charge in [-0.15, -0.1) is 0 Å². The highest BCUT2D eigenvalue weighted by atomic mass is 19.4. The van der Waals surface area contributed by atoms with Crippen molar-refractivity contribution >= 4 is 17.4 Å². The van der Waals surface area contributed by atoms with E-state index >= 15 is 0 Å². The van der Waals surface area contributed by atoms with E-state index in [9.17, 15) is 18.0 Å². The number of nitrogens with zero attached hydrogens (tertiary/aromatic N) is 2. The average Bonchev–Trinajstić information content (AvgIpc) is 2.75. The lowest BCUT2D eigenvalue weighted by Gasteiger charge is -2.08. The van der Waals surface area contributed by atoms with Gasteiger partial charge >= 0.3 is 12.1 Å². The third kappa shape index (κ3) is 5.91. The lowest BCUT2D eigenvalue weighted by molar-refractivity contribution is -0.137. The number of hydrogen-bond acceptors (Lipinski definition) is 5. The summed E-state index contributed by atoms with van der Waals surface area (Å²) in [6.45, 7) is 3.74. The molecule has 1 heterocycles. The van der Waals surface area contributed by atoms with Crippen LogP contribution >= 0.6 is 0 Å². The monoisotopic (exact) mass is 428 g/mol. The van der Waals surface area contributed by atoms with Crippen LogP contribution in [0.25, 0.3) is 0 Å². The Hall–Kier alpha value is -3.68. The second kappa shape index (κ2) is 9.42. The smallest absolute Gasteiger partial charge is 0.416 e. The summed E-state index contributed by atoms with van der Waals surface area (Å²) in [6, 6.07) is 14.6. The number of aliphatic imine (C=N–C) groups is 1. The second-order valence-corrected chi connectivity index (χ2v) is 6.47. The zero-order valence-corrected chi connectivity index (χ0v) is 16.8. The SMILES string of the molecule is CCOC(=O)c1ccc(Oc2ccc(/N=C(\C)c3ccc(C(F)(F)F)cc3)cn2)cc1. The largest absolute Gasteiger partial charge is 0.462 e. The Morgan fingerprint density at radius 1 is 0.968 bits per heavy atom. The number of alkyl halides is 3. The molecule has 0 aliphatic rings. The van der Waals surface area contributed by atoms with Crippen molar-refractivity contribution < 1.29 is 27.4 Å². The summed E-state index contributed by atoms with van der Waals surface area (Å²) in [5.74, 6) is 0.422. The number of pyridine rings is 1. The lowest BCUT2D eigenvalue weighted by atomic mass is 10.1. The third-order valence-electron chi connectivity index (χ3n) is 4.24. The van der Waals surface area contributed by atoms with Crippen LogP contribution in [-0.2, 0) is 10.9 Å². The van der Waals surface area contributed by atoms with Crippen molar-refractivity contribution in [2.24, 2.45) is 4.99 Å². The molecule has 160 valence electrons. The van der Waals surface area contributed by atoms with Gasteiger partial charge in [0, 0.05) is 11.8 Å². The Labute approximate surface area is 177 Å². The standard InChI is InChI=1S/C23H19F3N2O3/c1-3-30-22(29)17-6-11-20(12-7-17)31-21-13-10-19(14-27-21)28-15(2)16-4-8-18(9-5-16)23(24,25)26/h4-14H,3H2,1-2H3/b28-15+. The Morgan fingerprint density at radius 3 is 2.16 bits per heavy atom. The van der Waals surface area contributed by atoms with E-state index < -0.39 is 17.7 Å². The molecule has 0 saturated carbocycles. The number of carbonyl (C=O) groups excluding carboxylic acids is 1. The van der Waals surface area contributed by atoms with Gasteiger partial charge in [-0.05, 0) is 61.9 Å². The van der Waals surface area contributed by atoms with E-state index in [4.69, 9.17) is 9.47 Å². The first kappa shape index (κ1) is 22.0. The molecule has 0 amide bonds. The van der Waals surface area contributed by atoms with Gasteiger partial charge in [0.2, 0.25) is 5.88 Å². The molecular weight excluding hydrogens is 409 g/mol. The van der Waals surface area contributed by atoms with Crippen molar-refractivity contribution in [1.82, 2.24) is 4.98 Å².